The number of hydrogen-bond acceptors (Lipinski definition) is 4. The van der Waals surface area contributed by atoms with Gasteiger partial charge < -0.3 is 10.6 Å². The lowest BCUT2D eigenvalue weighted by Crippen LogP contribution is -2.29. The highest BCUT2D eigenvalue weighted by Crippen LogP contribution is 2.15. The summed E-state index contributed by atoms with van der Waals surface area (Å²) in [4.78, 5) is 13.3. The van der Waals surface area contributed by atoms with Gasteiger partial charge in [-0.2, -0.15) is 0 Å². The van der Waals surface area contributed by atoms with Gasteiger partial charge in [0.15, 0.2) is 0 Å². The first-order valence-electron chi connectivity index (χ1n) is 6.18. The van der Waals surface area contributed by atoms with Gasteiger partial charge in [0.2, 0.25) is 5.91 Å². The molecule has 16 heavy (non-hydrogen) atoms. The Balaban J connectivity index is 1.94. The van der Waals surface area contributed by atoms with Crippen molar-refractivity contribution in [2.45, 2.75) is 32.1 Å². The third-order valence-electron chi connectivity index (χ3n) is 3.24. The molecular formula is C11H24N4O. The first kappa shape index (κ1) is 13.4. The molecule has 0 aromatic carbocycles. The van der Waals surface area contributed by atoms with Crippen molar-refractivity contribution in [1.29, 1.82) is 0 Å². The summed E-state index contributed by atoms with van der Waals surface area (Å²) in [5.41, 5.74) is 7.79. The van der Waals surface area contributed by atoms with Crippen molar-refractivity contribution in [3.63, 3.8) is 0 Å². The van der Waals surface area contributed by atoms with Crippen LogP contribution in [-0.2, 0) is 4.79 Å². The quantitative estimate of drug-likeness (QED) is 0.244. The van der Waals surface area contributed by atoms with Crippen LogP contribution in [-0.4, -0.2) is 37.0 Å². The molecule has 5 nitrogen and oxygen atoms in total. The molecule has 1 heterocycles. The molecule has 5 N–H and O–H groups in total. The van der Waals surface area contributed by atoms with Crippen LogP contribution in [0.15, 0.2) is 0 Å². The van der Waals surface area contributed by atoms with E-state index in [-0.39, 0.29) is 5.91 Å². The second kappa shape index (κ2) is 7.60. The topological polar surface area (TPSA) is 84.4 Å². The molecule has 0 aromatic rings. The molecule has 0 aliphatic carbocycles. The first-order chi connectivity index (χ1) is 7.76. The smallest absolute Gasteiger partial charge is 0.233 e. The van der Waals surface area contributed by atoms with E-state index in [1.807, 2.05) is 0 Å². The van der Waals surface area contributed by atoms with E-state index in [1.165, 1.54) is 13.0 Å². The number of rotatable bonds is 7. The van der Waals surface area contributed by atoms with E-state index in [2.05, 4.69) is 10.3 Å². The SMILES string of the molecule is NCC1CCN(CCCCCC(=O)NN)C1. The monoisotopic (exact) mass is 228 g/mol. The van der Waals surface area contributed by atoms with Crippen molar-refractivity contribution in [3.05, 3.63) is 0 Å². The zero-order valence-corrected chi connectivity index (χ0v) is 9.95. The van der Waals surface area contributed by atoms with E-state index >= 15 is 0 Å². The number of nitrogens with zero attached hydrogens (tertiary/aromatic N) is 1. The van der Waals surface area contributed by atoms with Crippen LogP contribution in [0, 0.1) is 5.92 Å². The van der Waals surface area contributed by atoms with Crippen molar-refractivity contribution in [1.82, 2.24) is 10.3 Å². The Bertz CT molecular complexity index is 210. The fourth-order valence-corrected chi connectivity index (χ4v) is 2.18. The van der Waals surface area contributed by atoms with Crippen LogP contribution >= 0.6 is 0 Å². The lowest BCUT2D eigenvalue weighted by molar-refractivity contribution is -0.121. The fourth-order valence-electron chi connectivity index (χ4n) is 2.18. The standard InChI is InChI=1S/C11H24N4O/c12-8-10-5-7-15(9-10)6-3-1-2-4-11(16)14-13/h10H,1-9,12-13H2,(H,14,16). The van der Waals surface area contributed by atoms with Crippen LogP contribution in [0.4, 0.5) is 0 Å². The Labute approximate surface area is 97.5 Å². The van der Waals surface area contributed by atoms with Gasteiger partial charge in [-0.1, -0.05) is 6.42 Å². The maximum Gasteiger partial charge on any atom is 0.233 e. The van der Waals surface area contributed by atoms with Crippen LogP contribution in [0.25, 0.3) is 0 Å². The molecule has 94 valence electrons. The summed E-state index contributed by atoms with van der Waals surface area (Å²) >= 11 is 0. The Kier molecular flexibility index (Phi) is 6.37. The van der Waals surface area contributed by atoms with Gasteiger partial charge in [-0.25, -0.2) is 5.84 Å². The molecule has 1 fully saturated rings. The molecule has 1 amide bonds. The third kappa shape index (κ3) is 4.92. The van der Waals surface area contributed by atoms with Crippen molar-refractivity contribution in [3.8, 4) is 0 Å². The fraction of sp³-hybridized carbons (Fsp3) is 0.909. The van der Waals surface area contributed by atoms with Gasteiger partial charge in [-0.15, -0.1) is 0 Å². The number of likely N-dealkylation sites (tertiary alicyclic amines) is 1. The van der Waals surface area contributed by atoms with E-state index in [1.54, 1.807) is 0 Å². The van der Waals surface area contributed by atoms with Gasteiger partial charge in [0.25, 0.3) is 0 Å². The van der Waals surface area contributed by atoms with Crippen molar-refractivity contribution < 1.29 is 4.79 Å². The highest BCUT2D eigenvalue weighted by atomic mass is 16.2. The van der Waals surface area contributed by atoms with Crippen LogP contribution in [0.5, 0.6) is 0 Å². The van der Waals surface area contributed by atoms with Gasteiger partial charge in [0, 0.05) is 13.0 Å². The summed E-state index contributed by atoms with van der Waals surface area (Å²) in [5.74, 6) is 5.63. The molecule has 1 atom stereocenters. The highest BCUT2D eigenvalue weighted by molar-refractivity contribution is 5.74. The molecule has 1 rings (SSSR count). The molecule has 1 aliphatic rings. The summed E-state index contributed by atoms with van der Waals surface area (Å²) < 4.78 is 0. The van der Waals surface area contributed by atoms with Crippen LogP contribution < -0.4 is 17.0 Å². The summed E-state index contributed by atoms with van der Waals surface area (Å²) in [5, 5.41) is 0. The van der Waals surface area contributed by atoms with Gasteiger partial charge in [-0.05, 0) is 44.8 Å². The minimum atomic E-state index is -0.0654. The van der Waals surface area contributed by atoms with E-state index < -0.39 is 0 Å². The molecule has 1 saturated heterocycles. The van der Waals surface area contributed by atoms with Gasteiger partial charge in [-0.3, -0.25) is 10.2 Å². The van der Waals surface area contributed by atoms with Crippen molar-refractivity contribution in [2.24, 2.45) is 17.5 Å². The summed E-state index contributed by atoms with van der Waals surface area (Å²) in [6, 6.07) is 0. The first-order valence-corrected chi connectivity index (χ1v) is 6.18. The molecule has 0 bridgehead atoms. The normalized spacial score (nSPS) is 21.2. The number of nitrogens with two attached hydrogens (primary N) is 2. The van der Waals surface area contributed by atoms with E-state index in [4.69, 9.17) is 11.6 Å². The van der Waals surface area contributed by atoms with Crippen LogP contribution in [0.2, 0.25) is 0 Å². The maximum absolute atomic E-state index is 10.9. The summed E-state index contributed by atoms with van der Waals surface area (Å²) in [6.45, 7) is 4.29. The number of carbonyl (C=O) groups is 1. The Hall–Kier alpha value is -0.650. The van der Waals surface area contributed by atoms with Crippen molar-refractivity contribution >= 4 is 5.91 Å². The summed E-state index contributed by atoms with van der Waals surface area (Å²) in [7, 11) is 0. The molecule has 0 radical (unpaired) electrons. The van der Waals surface area contributed by atoms with E-state index in [0.717, 1.165) is 38.9 Å². The van der Waals surface area contributed by atoms with E-state index in [9.17, 15) is 4.79 Å². The highest BCUT2D eigenvalue weighted by Gasteiger charge is 2.20. The second-order valence-corrected chi connectivity index (χ2v) is 4.57. The number of carbonyl (C=O) groups excluding carboxylic acids is 1. The number of hydrogen-bond donors (Lipinski definition) is 3. The molecule has 0 aromatic heterocycles. The minimum Gasteiger partial charge on any atom is -0.330 e. The zero-order chi connectivity index (χ0) is 11.8. The van der Waals surface area contributed by atoms with Crippen molar-refractivity contribution in [2.75, 3.05) is 26.2 Å². The Morgan fingerprint density at radius 3 is 2.81 bits per heavy atom. The predicted octanol–water partition coefficient (Wildman–Crippen LogP) is -0.183. The minimum absolute atomic E-state index is 0.0654. The molecule has 0 spiro atoms. The number of unbranched alkanes of at least 4 members (excludes halogenated alkanes) is 2. The predicted molar refractivity (Wildman–Crippen MR) is 64.4 cm³/mol. The largest absolute Gasteiger partial charge is 0.330 e. The van der Waals surface area contributed by atoms with Gasteiger partial charge >= 0.3 is 0 Å². The molecular weight excluding hydrogens is 204 g/mol. The summed E-state index contributed by atoms with van der Waals surface area (Å²) in [6.07, 6.45) is 4.97. The molecule has 5 heteroatoms. The van der Waals surface area contributed by atoms with Gasteiger partial charge in [0.1, 0.15) is 0 Å². The number of nitrogens with one attached hydrogen (secondary N) is 1. The van der Waals surface area contributed by atoms with E-state index in [0.29, 0.717) is 12.3 Å². The van der Waals surface area contributed by atoms with Gasteiger partial charge in [0.05, 0.1) is 0 Å². The molecule has 0 saturated carbocycles. The molecule has 1 aliphatic heterocycles. The molecule has 1 unspecified atom stereocenters. The maximum atomic E-state index is 10.9. The number of amides is 1. The lowest BCUT2D eigenvalue weighted by Gasteiger charge is -2.15. The third-order valence-corrected chi connectivity index (χ3v) is 3.24. The van der Waals surface area contributed by atoms with Crippen LogP contribution in [0.3, 0.4) is 0 Å². The average Bonchev–Trinajstić information content (AvgIpc) is 2.76. The van der Waals surface area contributed by atoms with Crippen LogP contribution in [0.1, 0.15) is 32.1 Å². The Morgan fingerprint density at radius 2 is 2.19 bits per heavy atom. The lowest BCUT2D eigenvalue weighted by atomic mass is 10.1. The zero-order valence-electron chi connectivity index (χ0n) is 9.95. The second-order valence-electron chi connectivity index (χ2n) is 4.57. The number of hydrazine groups is 1. The average molecular weight is 228 g/mol. The Morgan fingerprint density at radius 1 is 1.38 bits per heavy atom.